The third-order valence-corrected chi connectivity index (χ3v) is 3.85. The zero-order chi connectivity index (χ0) is 9.80. The van der Waals surface area contributed by atoms with Crippen LogP contribution in [-0.2, 0) is 0 Å². The molecule has 0 bridgehead atoms. The lowest BCUT2D eigenvalue weighted by Gasteiger charge is -2.29. The first-order chi connectivity index (χ1) is 6.86. The molecular weight excluding hydrogens is 172 g/mol. The topological polar surface area (TPSA) is 15.3 Å². The van der Waals surface area contributed by atoms with Gasteiger partial charge in [0.1, 0.15) is 0 Å². The highest BCUT2D eigenvalue weighted by molar-refractivity contribution is 4.78. The molecule has 2 unspecified atom stereocenters. The van der Waals surface area contributed by atoms with Gasteiger partial charge >= 0.3 is 0 Å². The van der Waals surface area contributed by atoms with Gasteiger partial charge in [-0.15, -0.1) is 0 Å². The summed E-state index contributed by atoms with van der Waals surface area (Å²) in [7, 11) is 0. The largest absolute Gasteiger partial charge is 0.316 e. The van der Waals surface area contributed by atoms with E-state index >= 15 is 0 Å². The Morgan fingerprint density at radius 2 is 2.14 bits per heavy atom. The number of nitrogens with one attached hydrogen (secondary N) is 1. The Morgan fingerprint density at radius 3 is 2.93 bits per heavy atom. The Labute approximate surface area is 88.1 Å². The van der Waals surface area contributed by atoms with E-state index in [1.54, 1.807) is 0 Å². The van der Waals surface area contributed by atoms with Crippen molar-refractivity contribution in [2.45, 2.75) is 45.1 Å². The number of rotatable bonds is 2. The second-order valence-corrected chi connectivity index (χ2v) is 5.05. The van der Waals surface area contributed by atoms with Gasteiger partial charge in [-0.1, -0.05) is 12.8 Å². The normalized spacial score (nSPS) is 35.8. The monoisotopic (exact) mass is 196 g/mol. The van der Waals surface area contributed by atoms with Crippen LogP contribution in [0.2, 0.25) is 0 Å². The van der Waals surface area contributed by atoms with Crippen molar-refractivity contribution in [1.82, 2.24) is 10.2 Å². The molecule has 0 radical (unpaired) electrons. The van der Waals surface area contributed by atoms with Crippen molar-refractivity contribution in [3.05, 3.63) is 0 Å². The molecule has 2 heterocycles. The van der Waals surface area contributed by atoms with Crippen molar-refractivity contribution in [2.75, 3.05) is 26.2 Å². The van der Waals surface area contributed by atoms with Crippen molar-refractivity contribution < 1.29 is 0 Å². The van der Waals surface area contributed by atoms with Crippen molar-refractivity contribution in [3.8, 4) is 0 Å². The predicted octanol–water partition coefficient (Wildman–Crippen LogP) is 1.86. The third-order valence-electron chi connectivity index (χ3n) is 3.85. The molecule has 0 aliphatic carbocycles. The first-order valence-electron chi connectivity index (χ1n) is 6.31. The highest BCUT2D eigenvalue weighted by Crippen LogP contribution is 2.19. The van der Waals surface area contributed by atoms with E-state index < -0.39 is 0 Å². The fourth-order valence-electron chi connectivity index (χ4n) is 2.81. The van der Waals surface area contributed by atoms with Crippen molar-refractivity contribution in [3.63, 3.8) is 0 Å². The van der Waals surface area contributed by atoms with Crippen LogP contribution in [0.4, 0.5) is 0 Å². The summed E-state index contributed by atoms with van der Waals surface area (Å²) < 4.78 is 0. The van der Waals surface area contributed by atoms with Gasteiger partial charge in [0.2, 0.25) is 0 Å². The fraction of sp³-hybridized carbons (Fsp3) is 1.00. The van der Waals surface area contributed by atoms with Gasteiger partial charge in [0.25, 0.3) is 0 Å². The minimum Gasteiger partial charge on any atom is -0.316 e. The molecule has 2 fully saturated rings. The first-order valence-corrected chi connectivity index (χ1v) is 6.31. The highest BCUT2D eigenvalue weighted by atomic mass is 15.2. The lowest BCUT2D eigenvalue weighted by atomic mass is 10.1. The van der Waals surface area contributed by atoms with E-state index in [0.717, 1.165) is 12.0 Å². The number of hydrogen-bond donors (Lipinski definition) is 1. The molecule has 0 aromatic heterocycles. The summed E-state index contributed by atoms with van der Waals surface area (Å²) >= 11 is 0. The van der Waals surface area contributed by atoms with Gasteiger partial charge in [-0.05, 0) is 51.7 Å². The molecule has 82 valence electrons. The number of likely N-dealkylation sites (tertiary alicyclic amines) is 1. The maximum atomic E-state index is 3.47. The maximum Gasteiger partial charge on any atom is 0.00670 e. The van der Waals surface area contributed by atoms with Gasteiger partial charge < -0.3 is 10.2 Å². The van der Waals surface area contributed by atoms with Crippen molar-refractivity contribution in [1.29, 1.82) is 0 Å². The Bertz CT molecular complexity index is 164. The van der Waals surface area contributed by atoms with Crippen LogP contribution in [0.5, 0.6) is 0 Å². The van der Waals surface area contributed by atoms with Gasteiger partial charge in [-0.25, -0.2) is 0 Å². The summed E-state index contributed by atoms with van der Waals surface area (Å²) in [4.78, 5) is 2.73. The number of nitrogens with zero attached hydrogens (tertiary/aromatic N) is 1. The van der Waals surface area contributed by atoms with E-state index in [4.69, 9.17) is 0 Å². The second-order valence-electron chi connectivity index (χ2n) is 5.05. The second kappa shape index (κ2) is 5.13. The molecule has 0 amide bonds. The highest BCUT2D eigenvalue weighted by Gasteiger charge is 2.22. The zero-order valence-electron chi connectivity index (χ0n) is 9.47. The molecule has 0 aromatic rings. The molecule has 2 atom stereocenters. The summed E-state index contributed by atoms with van der Waals surface area (Å²) in [6, 6.07) is 0.832. The minimum atomic E-state index is 0.832. The third kappa shape index (κ3) is 2.71. The van der Waals surface area contributed by atoms with Crippen LogP contribution >= 0.6 is 0 Å². The lowest BCUT2D eigenvalue weighted by molar-refractivity contribution is 0.185. The standard InChI is InChI=1S/C12H24N2/c1-11-5-3-2-4-8-14(11)10-12-6-7-13-9-12/h11-13H,2-10H2,1H3. The molecule has 2 saturated heterocycles. The van der Waals surface area contributed by atoms with E-state index in [1.165, 1.54) is 58.3 Å². The van der Waals surface area contributed by atoms with Crippen LogP contribution in [0.3, 0.4) is 0 Å². The maximum absolute atomic E-state index is 3.47. The molecule has 1 N–H and O–H groups in total. The Balaban J connectivity index is 1.81. The average Bonchev–Trinajstić information content (AvgIpc) is 2.60. The van der Waals surface area contributed by atoms with E-state index in [9.17, 15) is 0 Å². The van der Waals surface area contributed by atoms with Crippen molar-refractivity contribution >= 4 is 0 Å². The van der Waals surface area contributed by atoms with Gasteiger partial charge in [-0.2, -0.15) is 0 Å². The quantitative estimate of drug-likeness (QED) is 0.725. The predicted molar refractivity (Wildman–Crippen MR) is 60.5 cm³/mol. The Morgan fingerprint density at radius 1 is 1.21 bits per heavy atom. The zero-order valence-corrected chi connectivity index (χ0v) is 9.47. The number of hydrogen-bond acceptors (Lipinski definition) is 2. The molecule has 0 aromatic carbocycles. The molecular formula is C12H24N2. The van der Waals surface area contributed by atoms with Crippen LogP contribution < -0.4 is 5.32 Å². The van der Waals surface area contributed by atoms with Gasteiger partial charge in [0.05, 0.1) is 0 Å². The summed E-state index contributed by atoms with van der Waals surface area (Å²) in [5, 5.41) is 3.47. The summed E-state index contributed by atoms with van der Waals surface area (Å²) in [6.07, 6.45) is 7.12. The lowest BCUT2D eigenvalue weighted by Crippen LogP contribution is -2.37. The molecule has 2 heteroatoms. The van der Waals surface area contributed by atoms with E-state index in [0.29, 0.717) is 0 Å². The molecule has 2 rings (SSSR count). The van der Waals surface area contributed by atoms with Crippen LogP contribution in [0, 0.1) is 5.92 Å². The minimum absolute atomic E-state index is 0.832. The van der Waals surface area contributed by atoms with Gasteiger partial charge in [0, 0.05) is 12.6 Å². The molecule has 2 aliphatic heterocycles. The molecule has 2 aliphatic rings. The van der Waals surface area contributed by atoms with E-state index in [2.05, 4.69) is 17.1 Å². The van der Waals surface area contributed by atoms with Gasteiger partial charge in [0.15, 0.2) is 0 Å². The van der Waals surface area contributed by atoms with Gasteiger partial charge in [-0.3, -0.25) is 0 Å². The summed E-state index contributed by atoms with van der Waals surface area (Å²) in [5.41, 5.74) is 0. The Hall–Kier alpha value is -0.0800. The Kier molecular flexibility index (Phi) is 3.82. The van der Waals surface area contributed by atoms with Crippen LogP contribution in [-0.4, -0.2) is 37.1 Å². The average molecular weight is 196 g/mol. The van der Waals surface area contributed by atoms with Crippen LogP contribution in [0.15, 0.2) is 0 Å². The first kappa shape index (κ1) is 10.4. The molecule has 2 nitrogen and oxygen atoms in total. The summed E-state index contributed by atoms with van der Waals surface area (Å²) in [5.74, 6) is 0.926. The molecule has 0 saturated carbocycles. The fourth-order valence-corrected chi connectivity index (χ4v) is 2.81. The molecule has 14 heavy (non-hydrogen) atoms. The summed E-state index contributed by atoms with van der Waals surface area (Å²) in [6.45, 7) is 7.59. The van der Waals surface area contributed by atoms with Crippen LogP contribution in [0.25, 0.3) is 0 Å². The van der Waals surface area contributed by atoms with Crippen LogP contribution in [0.1, 0.15) is 39.0 Å². The smallest absolute Gasteiger partial charge is 0.00670 e. The molecule has 0 spiro atoms. The SMILES string of the molecule is CC1CCCCCN1CC1CCNC1. The van der Waals surface area contributed by atoms with Crippen molar-refractivity contribution in [2.24, 2.45) is 5.92 Å². The van der Waals surface area contributed by atoms with E-state index in [1.807, 2.05) is 0 Å². The van der Waals surface area contributed by atoms with E-state index in [-0.39, 0.29) is 0 Å².